The van der Waals surface area contributed by atoms with Crippen molar-refractivity contribution in [3.05, 3.63) is 0 Å². The van der Waals surface area contributed by atoms with Crippen LogP contribution < -0.4 is 10.6 Å². The molecular formula is C11H24N2O2. The van der Waals surface area contributed by atoms with Gasteiger partial charge in [-0.2, -0.15) is 0 Å². The molecule has 0 aromatic carbocycles. The lowest BCUT2D eigenvalue weighted by molar-refractivity contribution is 0.0276. The minimum atomic E-state index is 0.151. The molecule has 1 aliphatic carbocycles. The van der Waals surface area contributed by atoms with Gasteiger partial charge in [0.25, 0.3) is 0 Å². The Hall–Kier alpha value is -0.160. The lowest BCUT2D eigenvalue weighted by atomic mass is 10.3. The molecule has 2 unspecified atom stereocenters. The zero-order valence-corrected chi connectivity index (χ0v) is 10.1. The van der Waals surface area contributed by atoms with Gasteiger partial charge < -0.3 is 20.1 Å². The van der Waals surface area contributed by atoms with Gasteiger partial charge in [0.15, 0.2) is 0 Å². The van der Waals surface area contributed by atoms with E-state index in [1.54, 1.807) is 14.2 Å². The molecule has 0 amide bonds. The Balaban J connectivity index is 1.99. The van der Waals surface area contributed by atoms with Crippen LogP contribution in [0.1, 0.15) is 19.8 Å². The van der Waals surface area contributed by atoms with Crippen molar-refractivity contribution in [2.75, 3.05) is 33.9 Å². The minimum absolute atomic E-state index is 0.151. The number of ether oxygens (including phenoxy) is 2. The lowest BCUT2D eigenvalue weighted by Crippen LogP contribution is -2.42. The number of methoxy groups -OCH3 is 2. The maximum absolute atomic E-state index is 5.27. The summed E-state index contributed by atoms with van der Waals surface area (Å²) in [5, 5.41) is 6.93. The number of hydrogen-bond acceptors (Lipinski definition) is 4. The van der Waals surface area contributed by atoms with Gasteiger partial charge in [-0.05, 0) is 19.8 Å². The second-order valence-electron chi connectivity index (χ2n) is 4.30. The highest BCUT2D eigenvalue weighted by atomic mass is 16.5. The van der Waals surface area contributed by atoms with Crippen LogP contribution in [0.15, 0.2) is 0 Å². The summed E-state index contributed by atoms with van der Waals surface area (Å²) in [7, 11) is 3.42. The van der Waals surface area contributed by atoms with Crippen molar-refractivity contribution in [3.8, 4) is 0 Å². The molecule has 0 bridgehead atoms. The van der Waals surface area contributed by atoms with Crippen molar-refractivity contribution in [2.24, 2.45) is 0 Å². The molecular weight excluding hydrogens is 192 g/mol. The topological polar surface area (TPSA) is 42.5 Å². The van der Waals surface area contributed by atoms with Crippen LogP contribution >= 0.6 is 0 Å². The first-order valence-corrected chi connectivity index (χ1v) is 5.74. The summed E-state index contributed by atoms with van der Waals surface area (Å²) in [5.74, 6) is 0. The van der Waals surface area contributed by atoms with Crippen LogP contribution in [-0.2, 0) is 9.47 Å². The Morgan fingerprint density at radius 3 is 2.53 bits per heavy atom. The van der Waals surface area contributed by atoms with Crippen LogP contribution in [0, 0.1) is 0 Å². The Morgan fingerprint density at radius 1 is 1.27 bits per heavy atom. The van der Waals surface area contributed by atoms with E-state index in [0.717, 1.165) is 19.1 Å². The van der Waals surface area contributed by atoms with Gasteiger partial charge in [-0.3, -0.25) is 0 Å². The monoisotopic (exact) mass is 216 g/mol. The van der Waals surface area contributed by atoms with Crippen LogP contribution in [0.25, 0.3) is 0 Å². The fourth-order valence-corrected chi connectivity index (χ4v) is 1.43. The third-order valence-electron chi connectivity index (χ3n) is 2.67. The van der Waals surface area contributed by atoms with Gasteiger partial charge in [-0.15, -0.1) is 0 Å². The van der Waals surface area contributed by atoms with E-state index >= 15 is 0 Å². The molecule has 0 heterocycles. The third kappa shape index (κ3) is 6.10. The maximum Gasteiger partial charge on any atom is 0.0928 e. The highest BCUT2D eigenvalue weighted by molar-refractivity contribution is 4.82. The summed E-state index contributed by atoms with van der Waals surface area (Å²) in [4.78, 5) is 0. The Bertz CT molecular complexity index is 163. The van der Waals surface area contributed by atoms with Gasteiger partial charge >= 0.3 is 0 Å². The maximum atomic E-state index is 5.27. The van der Waals surface area contributed by atoms with E-state index < -0.39 is 0 Å². The molecule has 90 valence electrons. The molecule has 4 heteroatoms. The number of rotatable bonds is 9. The predicted molar refractivity (Wildman–Crippen MR) is 61.2 cm³/mol. The Labute approximate surface area is 92.7 Å². The first kappa shape index (κ1) is 12.9. The summed E-state index contributed by atoms with van der Waals surface area (Å²) in [5.41, 5.74) is 0. The molecule has 1 rings (SSSR count). The first-order valence-electron chi connectivity index (χ1n) is 5.74. The predicted octanol–water partition coefficient (Wildman–Crippen LogP) is 0.378. The Morgan fingerprint density at radius 2 is 2.00 bits per heavy atom. The smallest absolute Gasteiger partial charge is 0.0928 e. The molecule has 15 heavy (non-hydrogen) atoms. The van der Waals surface area contributed by atoms with E-state index in [1.807, 2.05) is 0 Å². The van der Waals surface area contributed by atoms with Gasteiger partial charge in [-0.1, -0.05) is 0 Å². The van der Waals surface area contributed by atoms with Crippen LogP contribution in [0.5, 0.6) is 0 Å². The van der Waals surface area contributed by atoms with Crippen LogP contribution in [0.2, 0.25) is 0 Å². The molecule has 0 aliphatic heterocycles. The highest BCUT2D eigenvalue weighted by Crippen LogP contribution is 2.18. The van der Waals surface area contributed by atoms with Crippen LogP contribution in [0.4, 0.5) is 0 Å². The van der Waals surface area contributed by atoms with E-state index in [1.165, 1.54) is 12.8 Å². The average molecular weight is 216 g/mol. The van der Waals surface area contributed by atoms with Gasteiger partial charge in [0.05, 0.1) is 12.7 Å². The van der Waals surface area contributed by atoms with E-state index in [4.69, 9.17) is 9.47 Å². The quantitative estimate of drug-likeness (QED) is 0.585. The van der Waals surface area contributed by atoms with Crippen molar-refractivity contribution < 1.29 is 9.47 Å². The van der Waals surface area contributed by atoms with Crippen molar-refractivity contribution in [1.82, 2.24) is 10.6 Å². The van der Waals surface area contributed by atoms with Gasteiger partial charge in [0, 0.05) is 39.4 Å². The molecule has 0 aromatic rings. The first-order chi connectivity index (χ1) is 7.26. The fraction of sp³-hybridized carbons (Fsp3) is 1.00. The van der Waals surface area contributed by atoms with Crippen LogP contribution in [0.3, 0.4) is 0 Å². The van der Waals surface area contributed by atoms with Crippen molar-refractivity contribution >= 4 is 0 Å². The summed E-state index contributed by atoms with van der Waals surface area (Å²) in [6.45, 7) is 4.72. The van der Waals surface area contributed by atoms with E-state index in [-0.39, 0.29) is 6.10 Å². The zero-order chi connectivity index (χ0) is 11.1. The summed E-state index contributed by atoms with van der Waals surface area (Å²) < 4.78 is 10.3. The molecule has 0 aromatic heterocycles. The molecule has 2 atom stereocenters. The normalized spacial score (nSPS) is 20.2. The van der Waals surface area contributed by atoms with Gasteiger partial charge in [0.1, 0.15) is 0 Å². The van der Waals surface area contributed by atoms with Crippen molar-refractivity contribution in [1.29, 1.82) is 0 Å². The molecule has 0 radical (unpaired) electrons. The molecule has 2 N–H and O–H groups in total. The van der Waals surface area contributed by atoms with E-state index in [9.17, 15) is 0 Å². The Kier molecular flexibility index (Phi) is 6.17. The largest absolute Gasteiger partial charge is 0.382 e. The zero-order valence-electron chi connectivity index (χ0n) is 10.1. The average Bonchev–Trinajstić information content (AvgIpc) is 3.05. The van der Waals surface area contributed by atoms with E-state index in [0.29, 0.717) is 12.6 Å². The molecule has 0 saturated heterocycles. The summed E-state index contributed by atoms with van der Waals surface area (Å²) in [6, 6.07) is 1.27. The van der Waals surface area contributed by atoms with Crippen molar-refractivity contribution in [3.63, 3.8) is 0 Å². The molecule has 4 nitrogen and oxygen atoms in total. The van der Waals surface area contributed by atoms with Crippen LogP contribution in [-0.4, -0.2) is 52.1 Å². The molecule has 1 fully saturated rings. The third-order valence-corrected chi connectivity index (χ3v) is 2.67. The second kappa shape index (κ2) is 7.17. The number of nitrogens with one attached hydrogen (secondary N) is 2. The highest BCUT2D eigenvalue weighted by Gasteiger charge is 2.20. The molecule has 1 saturated carbocycles. The van der Waals surface area contributed by atoms with Gasteiger partial charge in [-0.25, -0.2) is 0 Å². The van der Waals surface area contributed by atoms with E-state index in [2.05, 4.69) is 17.6 Å². The lowest BCUT2D eigenvalue weighted by Gasteiger charge is -2.19. The SMILES string of the molecule is COCC(CNC(C)CNC1CC1)OC. The van der Waals surface area contributed by atoms with Gasteiger partial charge in [0.2, 0.25) is 0 Å². The standard InChI is InChI=1S/C11H24N2O2/c1-9(6-13-10-4-5-10)12-7-11(15-3)8-14-2/h9-13H,4-8H2,1-3H3. The summed E-state index contributed by atoms with van der Waals surface area (Å²) in [6.07, 6.45) is 2.84. The minimum Gasteiger partial charge on any atom is -0.382 e. The van der Waals surface area contributed by atoms with Crippen molar-refractivity contribution in [2.45, 2.75) is 38.0 Å². The molecule has 1 aliphatic rings. The summed E-state index contributed by atoms with van der Waals surface area (Å²) >= 11 is 0. The fourth-order valence-electron chi connectivity index (χ4n) is 1.43. The number of hydrogen-bond donors (Lipinski definition) is 2. The molecule has 0 spiro atoms. The second-order valence-corrected chi connectivity index (χ2v) is 4.30.